The topological polar surface area (TPSA) is 81.5 Å². The van der Waals surface area contributed by atoms with Gasteiger partial charge in [-0.25, -0.2) is 0 Å². The number of nitrogens with zero attached hydrogens (tertiary/aromatic N) is 2. The minimum atomic E-state index is -0.953. The predicted octanol–water partition coefficient (Wildman–Crippen LogP) is 0.155. The van der Waals surface area contributed by atoms with E-state index in [4.69, 9.17) is 9.47 Å². The molecule has 2 rings (SSSR count). The Hall–Kier alpha value is -2.11. The van der Waals surface area contributed by atoms with E-state index in [1.807, 2.05) is 13.0 Å². The number of carbonyl (C=O) groups is 1. The van der Waals surface area contributed by atoms with Crippen molar-refractivity contribution in [3.63, 3.8) is 0 Å². The van der Waals surface area contributed by atoms with E-state index in [9.17, 15) is 9.90 Å². The summed E-state index contributed by atoms with van der Waals surface area (Å²) in [7, 11) is 3.01. The number of aromatic nitrogens is 2. The number of methoxy groups -OCH3 is 2. The predicted molar refractivity (Wildman–Crippen MR) is 78.3 cm³/mol. The van der Waals surface area contributed by atoms with Crippen LogP contribution in [0.4, 0.5) is 0 Å². The summed E-state index contributed by atoms with van der Waals surface area (Å²) in [5.41, 5.74) is 1.18. The molecule has 0 aliphatic carbocycles. The molecule has 0 saturated carbocycles. The summed E-state index contributed by atoms with van der Waals surface area (Å²) >= 11 is -0.358. The Morgan fingerprint density at radius 3 is 2.29 bits per heavy atom. The molecule has 6 nitrogen and oxygen atoms in total. The molecule has 0 spiro atoms. The van der Waals surface area contributed by atoms with Gasteiger partial charge >= 0.3 is 128 Å². The Labute approximate surface area is 128 Å². The summed E-state index contributed by atoms with van der Waals surface area (Å²) in [5, 5.41) is 9.29. The number of rotatable bonds is 5. The molecular formula is C14H14N2O4Se. The van der Waals surface area contributed by atoms with E-state index in [1.54, 1.807) is 18.2 Å². The Kier molecular flexibility index (Phi) is 4.77. The maximum atomic E-state index is 11.3. The van der Waals surface area contributed by atoms with Crippen LogP contribution < -0.4 is 18.7 Å². The molecule has 1 heterocycles. The summed E-state index contributed by atoms with van der Waals surface area (Å²) in [6.45, 7) is 1.86. The third-order valence-electron chi connectivity index (χ3n) is 2.64. The molecule has 0 atom stereocenters. The van der Waals surface area contributed by atoms with Gasteiger partial charge in [-0.3, -0.25) is 0 Å². The van der Waals surface area contributed by atoms with Gasteiger partial charge in [0.25, 0.3) is 0 Å². The van der Waals surface area contributed by atoms with Crippen molar-refractivity contribution in [3.8, 4) is 11.8 Å². The zero-order valence-corrected chi connectivity index (χ0v) is 13.5. The van der Waals surface area contributed by atoms with Gasteiger partial charge in [0.2, 0.25) is 0 Å². The van der Waals surface area contributed by atoms with Crippen LogP contribution in [-0.2, 0) is 0 Å². The molecule has 21 heavy (non-hydrogen) atoms. The number of hydrogen-bond donors (Lipinski definition) is 1. The normalized spacial score (nSPS) is 10.2. The van der Waals surface area contributed by atoms with Crippen molar-refractivity contribution in [2.24, 2.45) is 0 Å². The minimum absolute atomic E-state index is 0.278. The van der Waals surface area contributed by atoms with Gasteiger partial charge in [0.1, 0.15) is 0 Å². The van der Waals surface area contributed by atoms with E-state index in [0.717, 1.165) is 5.56 Å². The molecule has 0 aliphatic rings. The van der Waals surface area contributed by atoms with Crippen LogP contribution in [0.3, 0.4) is 0 Å². The summed E-state index contributed by atoms with van der Waals surface area (Å²) in [4.78, 5) is 19.8. The zero-order chi connectivity index (χ0) is 15.4. The van der Waals surface area contributed by atoms with E-state index in [1.165, 1.54) is 14.2 Å². The molecule has 0 amide bonds. The molecule has 7 heteroatoms. The fourth-order valence-corrected chi connectivity index (χ4v) is 3.44. The number of hydrogen-bond acceptors (Lipinski definition) is 5. The Morgan fingerprint density at radius 2 is 1.76 bits per heavy atom. The molecule has 0 fully saturated rings. The summed E-state index contributed by atoms with van der Waals surface area (Å²) in [5.74, 6) is -0.171. The van der Waals surface area contributed by atoms with Gasteiger partial charge in [0.15, 0.2) is 0 Å². The van der Waals surface area contributed by atoms with Gasteiger partial charge in [-0.1, -0.05) is 0 Å². The Bertz CT molecular complexity index is 654. The number of carboxylic acid groups (broad SMARTS) is 1. The van der Waals surface area contributed by atoms with Crippen molar-refractivity contribution in [1.29, 1.82) is 0 Å². The average molecular weight is 353 g/mol. The number of aryl methyl sites for hydroxylation is 1. The zero-order valence-electron chi connectivity index (χ0n) is 11.8. The molecule has 1 N–H and O–H groups in total. The Morgan fingerprint density at radius 1 is 1.14 bits per heavy atom. The monoisotopic (exact) mass is 354 g/mol. The summed E-state index contributed by atoms with van der Waals surface area (Å²) in [6, 6.07) is 6.90. The number of benzene rings is 1. The van der Waals surface area contributed by atoms with E-state index in [2.05, 4.69) is 9.97 Å². The van der Waals surface area contributed by atoms with E-state index in [-0.39, 0.29) is 20.5 Å². The molecule has 110 valence electrons. The van der Waals surface area contributed by atoms with Gasteiger partial charge in [0, 0.05) is 0 Å². The molecule has 0 bridgehead atoms. The van der Waals surface area contributed by atoms with Crippen molar-refractivity contribution in [1.82, 2.24) is 9.97 Å². The second kappa shape index (κ2) is 6.56. The van der Waals surface area contributed by atoms with Crippen molar-refractivity contribution in [3.05, 3.63) is 35.4 Å². The first-order valence-corrected chi connectivity index (χ1v) is 7.73. The van der Waals surface area contributed by atoms with Gasteiger partial charge in [-0.05, 0) is 0 Å². The van der Waals surface area contributed by atoms with Gasteiger partial charge in [-0.2, -0.15) is 0 Å². The van der Waals surface area contributed by atoms with Crippen molar-refractivity contribution >= 4 is 30.1 Å². The average Bonchev–Trinajstić information content (AvgIpc) is 2.48. The third-order valence-corrected chi connectivity index (χ3v) is 4.62. The quantitative estimate of drug-likeness (QED) is 0.771. The Balaban J connectivity index is 2.40. The third kappa shape index (κ3) is 3.71. The van der Waals surface area contributed by atoms with E-state index < -0.39 is 5.97 Å². The van der Waals surface area contributed by atoms with Gasteiger partial charge in [-0.15, -0.1) is 0 Å². The second-order valence-electron chi connectivity index (χ2n) is 4.14. The van der Waals surface area contributed by atoms with Crippen LogP contribution in [0.5, 0.6) is 11.8 Å². The van der Waals surface area contributed by atoms with Gasteiger partial charge in [0.05, 0.1) is 0 Å². The van der Waals surface area contributed by atoms with Crippen LogP contribution in [0.15, 0.2) is 24.3 Å². The number of ether oxygens (including phenoxy) is 2. The van der Waals surface area contributed by atoms with Crippen LogP contribution in [0.1, 0.15) is 15.9 Å². The molecule has 0 radical (unpaired) electrons. The van der Waals surface area contributed by atoms with Crippen LogP contribution in [0, 0.1) is 6.92 Å². The van der Waals surface area contributed by atoms with E-state index >= 15 is 0 Å². The van der Waals surface area contributed by atoms with Crippen molar-refractivity contribution in [2.75, 3.05) is 14.2 Å². The number of aromatic carboxylic acids is 1. The van der Waals surface area contributed by atoms with Gasteiger partial charge < -0.3 is 0 Å². The van der Waals surface area contributed by atoms with E-state index in [0.29, 0.717) is 20.9 Å². The standard InChI is InChI=1S/C14H14N2O4Se/c1-8-4-5-10(9(6-8)13(17)18)21-14-15-11(19-2)7-12(16-14)20-3/h4-7H,1-3H3,(H,17,18). The van der Waals surface area contributed by atoms with Crippen LogP contribution >= 0.6 is 0 Å². The molecule has 1 aromatic heterocycles. The fraction of sp³-hybridized carbons (Fsp3) is 0.214. The first-order chi connectivity index (χ1) is 10.0. The fourth-order valence-electron chi connectivity index (χ4n) is 1.64. The van der Waals surface area contributed by atoms with Crippen LogP contribution in [0.2, 0.25) is 0 Å². The van der Waals surface area contributed by atoms with Crippen molar-refractivity contribution < 1.29 is 19.4 Å². The molecule has 2 aromatic rings. The molecule has 0 aliphatic heterocycles. The van der Waals surface area contributed by atoms with Crippen LogP contribution in [-0.4, -0.2) is 50.2 Å². The maximum absolute atomic E-state index is 11.3. The van der Waals surface area contributed by atoms with Crippen LogP contribution in [0.25, 0.3) is 0 Å². The van der Waals surface area contributed by atoms with Crippen molar-refractivity contribution in [2.45, 2.75) is 6.92 Å². The molecule has 1 aromatic carbocycles. The second-order valence-corrected chi connectivity index (χ2v) is 6.26. The summed E-state index contributed by atoms with van der Waals surface area (Å²) in [6.07, 6.45) is 0. The SMILES string of the molecule is COc1cc(OC)nc([Se]c2ccc(C)cc2C(=O)O)n1. The molecular weight excluding hydrogens is 339 g/mol. The number of carboxylic acids is 1. The first kappa shape index (κ1) is 15.3. The molecule has 0 unspecified atom stereocenters. The summed E-state index contributed by atoms with van der Waals surface area (Å²) < 4.78 is 11.4. The first-order valence-electron chi connectivity index (χ1n) is 6.02. The molecule has 0 saturated heterocycles.